The highest BCUT2D eigenvalue weighted by atomic mass is 35.5. The zero-order valence-corrected chi connectivity index (χ0v) is 13.9. The third kappa shape index (κ3) is 4.68. The van der Waals surface area contributed by atoms with Crippen LogP contribution in [0.5, 0.6) is 0 Å². The van der Waals surface area contributed by atoms with Crippen LogP contribution in [0.25, 0.3) is 0 Å². The van der Waals surface area contributed by atoms with E-state index in [1.54, 1.807) is 0 Å². The summed E-state index contributed by atoms with van der Waals surface area (Å²) in [5, 5.41) is 0.773. The van der Waals surface area contributed by atoms with Gasteiger partial charge in [-0.2, -0.15) is 0 Å². The van der Waals surface area contributed by atoms with Crippen molar-refractivity contribution in [3.63, 3.8) is 0 Å². The molecular formula is C17H27ClN2O. The van der Waals surface area contributed by atoms with E-state index < -0.39 is 0 Å². The highest BCUT2D eigenvalue weighted by Gasteiger charge is 2.26. The first-order chi connectivity index (χ1) is 10.1. The first-order valence-corrected chi connectivity index (χ1v) is 8.28. The van der Waals surface area contributed by atoms with Gasteiger partial charge in [0.05, 0.1) is 0 Å². The Balaban J connectivity index is 2.09. The van der Waals surface area contributed by atoms with Crippen LogP contribution in [0, 0.1) is 5.92 Å². The van der Waals surface area contributed by atoms with Gasteiger partial charge in [0, 0.05) is 36.9 Å². The zero-order chi connectivity index (χ0) is 15.2. The van der Waals surface area contributed by atoms with E-state index in [1.807, 2.05) is 12.1 Å². The molecule has 21 heavy (non-hydrogen) atoms. The summed E-state index contributed by atoms with van der Waals surface area (Å²) < 4.78 is 5.45. The van der Waals surface area contributed by atoms with Crippen LogP contribution in [0.3, 0.4) is 0 Å². The van der Waals surface area contributed by atoms with Gasteiger partial charge in [0.25, 0.3) is 0 Å². The quantitative estimate of drug-likeness (QED) is 0.874. The Bertz CT molecular complexity index is 417. The molecule has 0 aromatic heterocycles. The van der Waals surface area contributed by atoms with E-state index in [0.29, 0.717) is 5.92 Å². The zero-order valence-electron chi connectivity index (χ0n) is 13.1. The van der Waals surface area contributed by atoms with Gasteiger partial charge in [-0.05, 0) is 49.9 Å². The van der Waals surface area contributed by atoms with E-state index in [9.17, 15) is 0 Å². The molecule has 0 bridgehead atoms. The van der Waals surface area contributed by atoms with Gasteiger partial charge in [0.2, 0.25) is 0 Å². The molecule has 2 rings (SSSR count). The molecule has 2 N–H and O–H groups in total. The first-order valence-electron chi connectivity index (χ1n) is 7.90. The maximum atomic E-state index is 6.39. The van der Waals surface area contributed by atoms with Crippen molar-refractivity contribution >= 4 is 11.6 Å². The SMILES string of the molecule is CCC(N)C(c1ccc(Cl)cc1)N(C)CC1CCOCC1. The highest BCUT2D eigenvalue weighted by Crippen LogP contribution is 2.27. The number of ether oxygens (including phenoxy) is 1. The van der Waals surface area contributed by atoms with Crippen molar-refractivity contribution in [2.75, 3.05) is 26.8 Å². The lowest BCUT2D eigenvalue weighted by molar-refractivity contribution is 0.0481. The molecule has 0 amide bonds. The third-order valence-corrected chi connectivity index (χ3v) is 4.70. The fraction of sp³-hybridized carbons (Fsp3) is 0.647. The minimum absolute atomic E-state index is 0.135. The molecule has 1 aliphatic rings. The molecule has 2 unspecified atom stereocenters. The Morgan fingerprint density at radius 1 is 1.29 bits per heavy atom. The maximum Gasteiger partial charge on any atom is 0.0496 e. The lowest BCUT2D eigenvalue weighted by Gasteiger charge is -2.36. The third-order valence-electron chi connectivity index (χ3n) is 4.45. The normalized spacial score (nSPS) is 19.7. The molecular weight excluding hydrogens is 284 g/mol. The maximum absolute atomic E-state index is 6.39. The lowest BCUT2D eigenvalue weighted by atomic mass is 9.94. The van der Waals surface area contributed by atoms with E-state index in [4.69, 9.17) is 22.1 Å². The fourth-order valence-corrected chi connectivity index (χ4v) is 3.29. The van der Waals surface area contributed by atoms with Gasteiger partial charge in [0.15, 0.2) is 0 Å². The standard InChI is InChI=1S/C17H27ClN2O/c1-3-16(19)17(14-4-6-15(18)7-5-14)20(2)12-13-8-10-21-11-9-13/h4-7,13,16-17H,3,8-12,19H2,1-2H3. The second-order valence-corrected chi connectivity index (χ2v) is 6.50. The molecule has 1 aliphatic heterocycles. The Kier molecular flexibility index (Phi) is 6.49. The summed E-state index contributed by atoms with van der Waals surface area (Å²) in [6.07, 6.45) is 3.27. The average molecular weight is 311 g/mol. The molecule has 1 aromatic rings. The van der Waals surface area contributed by atoms with Crippen LogP contribution in [0.4, 0.5) is 0 Å². The minimum atomic E-state index is 0.135. The van der Waals surface area contributed by atoms with Crippen LogP contribution in [0.15, 0.2) is 24.3 Å². The number of rotatable bonds is 6. The molecule has 4 heteroatoms. The number of nitrogens with zero attached hydrogens (tertiary/aromatic N) is 1. The molecule has 118 valence electrons. The van der Waals surface area contributed by atoms with Crippen molar-refractivity contribution < 1.29 is 4.74 Å². The molecule has 2 atom stereocenters. The fourth-order valence-electron chi connectivity index (χ4n) is 3.16. The van der Waals surface area contributed by atoms with Gasteiger partial charge in [-0.1, -0.05) is 30.7 Å². The summed E-state index contributed by atoms with van der Waals surface area (Å²) in [5.41, 5.74) is 7.65. The van der Waals surface area contributed by atoms with E-state index in [-0.39, 0.29) is 12.1 Å². The molecule has 1 saturated heterocycles. The Morgan fingerprint density at radius 2 is 1.90 bits per heavy atom. The molecule has 0 spiro atoms. The smallest absolute Gasteiger partial charge is 0.0496 e. The Labute approximate surface area is 133 Å². The van der Waals surface area contributed by atoms with E-state index in [1.165, 1.54) is 5.56 Å². The van der Waals surface area contributed by atoms with E-state index in [0.717, 1.165) is 44.0 Å². The molecule has 0 radical (unpaired) electrons. The predicted octanol–water partition coefficient (Wildman–Crippen LogP) is 3.48. The second-order valence-electron chi connectivity index (χ2n) is 6.06. The van der Waals surface area contributed by atoms with Crippen molar-refractivity contribution in [1.29, 1.82) is 0 Å². The molecule has 0 aliphatic carbocycles. The van der Waals surface area contributed by atoms with Crippen LogP contribution in [-0.2, 0) is 4.74 Å². The topological polar surface area (TPSA) is 38.5 Å². The number of nitrogens with two attached hydrogens (primary N) is 1. The number of halogens is 1. The number of hydrogen-bond acceptors (Lipinski definition) is 3. The number of hydrogen-bond donors (Lipinski definition) is 1. The summed E-state index contributed by atoms with van der Waals surface area (Å²) in [6, 6.07) is 8.49. The van der Waals surface area contributed by atoms with Crippen LogP contribution >= 0.6 is 11.6 Å². The van der Waals surface area contributed by atoms with Crippen LogP contribution in [0.1, 0.15) is 37.8 Å². The largest absolute Gasteiger partial charge is 0.381 e. The van der Waals surface area contributed by atoms with Crippen LogP contribution < -0.4 is 5.73 Å². The van der Waals surface area contributed by atoms with Gasteiger partial charge in [0.1, 0.15) is 0 Å². The monoisotopic (exact) mass is 310 g/mol. The molecule has 1 fully saturated rings. The van der Waals surface area contributed by atoms with E-state index >= 15 is 0 Å². The lowest BCUT2D eigenvalue weighted by Crippen LogP contribution is -2.41. The van der Waals surface area contributed by atoms with Crippen LogP contribution in [0.2, 0.25) is 5.02 Å². The van der Waals surface area contributed by atoms with Gasteiger partial charge in [-0.25, -0.2) is 0 Å². The van der Waals surface area contributed by atoms with Crippen molar-refractivity contribution in [1.82, 2.24) is 4.90 Å². The number of likely N-dealkylation sites (N-methyl/N-ethyl adjacent to an activating group) is 1. The second kappa shape index (κ2) is 8.14. The Morgan fingerprint density at radius 3 is 2.48 bits per heavy atom. The van der Waals surface area contributed by atoms with Crippen molar-refractivity contribution in [3.05, 3.63) is 34.9 Å². The summed E-state index contributed by atoms with van der Waals surface area (Å²) in [7, 11) is 2.18. The first kappa shape index (κ1) is 16.8. The van der Waals surface area contributed by atoms with Gasteiger partial charge >= 0.3 is 0 Å². The highest BCUT2D eigenvalue weighted by molar-refractivity contribution is 6.30. The summed E-state index contributed by atoms with van der Waals surface area (Å²) in [4.78, 5) is 2.41. The molecule has 0 saturated carbocycles. The molecule has 3 nitrogen and oxygen atoms in total. The van der Waals surface area contributed by atoms with Gasteiger partial charge in [-0.15, -0.1) is 0 Å². The van der Waals surface area contributed by atoms with Crippen molar-refractivity contribution in [3.8, 4) is 0 Å². The summed E-state index contributed by atoms with van der Waals surface area (Å²) in [6.45, 7) is 5.01. The van der Waals surface area contributed by atoms with Gasteiger partial charge < -0.3 is 10.5 Å². The molecule has 1 heterocycles. The Hall–Kier alpha value is -0.610. The number of benzene rings is 1. The van der Waals surface area contributed by atoms with E-state index in [2.05, 4.69) is 31.0 Å². The molecule has 1 aromatic carbocycles. The summed E-state index contributed by atoms with van der Waals surface area (Å²) >= 11 is 6.01. The van der Waals surface area contributed by atoms with Crippen LogP contribution in [-0.4, -0.2) is 37.7 Å². The minimum Gasteiger partial charge on any atom is -0.381 e. The average Bonchev–Trinajstić information content (AvgIpc) is 2.50. The summed E-state index contributed by atoms with van der Waals surface area (Å²) in [5.74, 6) is 0.711. The van der Waals surface area contributed by atoms with Gasteiger partial charge in [-0.3, -0.25) is 4.90 Å². The van der Waals surface area contributed by atoms with Crippen molar-refractivity contribution in [2.24, 2.45) is 11.7 Å². The predicted molar refractivity (Wildman–Crippen MR) is 88.6 cm³/mol. The van der Waals surface area contributed by atoms with Crippen molar-refractivity contribution in [2.45, 2.75) is 38.3 Å².